The third kappa shape index (κ3) is 4.26. The Labute approximate surface area is 159 Å². The van der Waals surface area contributed by atoms with Gasteiger partial charge in [0.1, 0.15) is 0 Å². The van der Waals surface area contributed by atoms with E-state index in [4.69, 9.17) is 0 Å². The molecule has 1 saturated carbocycles. The van der Waals surface area contributed by atoms with E-state index in [1.165, 1.54) is 30.2 Å². The molecule has 0 aliphatic heterocycles. The van der Waals surface area contributed by atoms with Gasteiger partial charge in [-0.25, -0.2) is 0 Å². The summed E-state index contributed by atoms with van der Waals surface area (Å²) in [5.41, 5.74) is 2.07. The summed E-state index contributed by atoms with van der Waals surface area (Å²) in [7, 11) is 0. The average molecular weight is 374 g/mol. The average Bonchev–Trinajstić information content (AvgIpc) is 3.07. The van der Waals surface area contributed by atoms with E-state index in [2.05, 4.69) is 34.7 Å². The van der Waals surface area contributed by atoms with Gasteiger partial charge in [-0.15, -0.1) is 5.10 Å². The van der Waals surface area contributed by atoms with E-state index >= 15 is 0 Å². The number of benzene rings is 1. The summed E-state index contributed by atoms with van der Waals surface area (Å²) in [6, 6.07) is 8.26. The second-order valence-electron chi connectivity index (χ2n) is 7.35. The zero-order valence-electron chi connectivity index (χ0n) is 15.8. The van der Waals surface area contributed by atoms with Crippen molar-refractivity contribution in [1.82, 2.24) is 25.5 Å². The number of rotatable bonds is 5. The third-order valence-electron chi connectivity index (χ3n) is 5.41. The van der Waals surface area contributed by atoms with Crippen LogP contribution in [-0.2, 0) is 4.79 Å². The van der Waals surface area contributed by atoms with Gasteiger partial charge in [0.25, 0.3) is 0 Å². The Hall–Kier alpha value is -1.89. The maximum absolute atomic E-state index is 12.7. The van der Waals surface area contributed by atoms with Gasteiger partial charge in [-0.1, -0.05) is 56.1 Å². The van der Waals surface area contributed by atoms with Gasteiger partial charge in [0.05, 0.1) is 10.9 Å². The molecule has 1 heterocycles. The largest absolute Gasteiger partial charge is 0.352 e. The first-order chi connectivity index (χ1) is 12.5. The van der Waals surface area contributed by atoms with Crippen molar-refractivity contribution in [1.29, 1.82) is 0 Å². The number of tetrazole rings is 1. The summed E-state index contributed by atoms with van der Waals surface area (Å²) in [5, 5.41) is 15.6. The molecule has 1 aromatic carbocycles. The van der Waals surface area contributed by atoms with Crippen LogP contribution in [0.2, 0.25) is 0 Å². The molecule has 0 saturated heterocycles. The number of carbonyl (C=O) groups excluding carboxylic acids is 1. The highest BCUT2D eigenvalue weighted by Gasteiger charge is 2.30. The van der Waals surface area contributed by atoms with Crippen molar-refractivity contribution in [3.05, 3.63) is 29.8 Å². The fourth-order valence-corrected chi connectivity index (χ4v) is 4.21. The lowest BCUT2D eigenvalue weighted by molar-refractivity contribution is -0.121. The standard InChI is InChI=1S/C19H27N5OS/c1-12-8-10-16(11-9-12)24-19(21-22-23-24)26-15(4)18(25)20-17-7-5-6-13(2)14(17)3/h8-11,13-15,17H,5-7H2,1-4H3,(H,20,25)/t13-,14-,15-,17-/m0/s1. The molecule has 0 radical (unpaired) electrons. The van der Waals surface area contributed by atoms with Crippen molar-refractivity contribution < 1.29 is 4.79 Å². The van der Waals surface area contributed by atoms with Gasteiger partial charge in [-0.3, -0.25) is 4.79 Å². The monoisotopic (exact) mass is 373 g/mol. The number of carbonyl (C=O) groups is 1. The van der Waals surface area contributed by atoms with Crippen LogP contribution in [0.15, 0.2) is 29.4 Å². The van der Waals surface area contributed by atoms with E-state index in [1.807, 2.05) is 38.1 Å². The Kier molecular flexibility index (Phi) is 5.96. The third-order valence-corrected chi connectivity index (χ3v) is 6.44. The first-order valence-electron chi connectivity index (χ1n) is 9.28. The van der Waals surface area contributed by atoms with Gasteiger partial charge in [0, 0.05) is 6.04 Å². The van der Waals surface area contributed by atoms with Gasteiger partial charge in [0.2, 0.25) is 11.1 Å². The SMILES string of the molecule is Cc1ccc(-n2nnnc2S[C@@H](C)C(=O)N[C@H]2CCC[C@H](C)[C@@H]2C)cc1. The van der Waals surface area contributed by atoms with Crippen LogP contribution in [0.5, 0.6) is 0 Å². The lowest BCUT2D eigenvalue weighted by Gasteiger charge is -2.35. The van der Waals surface area contributed by atoms with E-state index in [0.717, 1.165) is 12.1 Å². The lowest BCUT2D eigenvalue weighted by Crippen LogP contribution is -2.46. The summed E-state index contributed by atoms with van der Waals surface area (Å²) in [5.74, 6) is 1.23. The molecule has 2 aromatic rings. The van der Waals surface area contributed by atoms with E-state index in [-0.39, 0.29) is 17.2 Å². The molecule has 7 heteroatoms. The van der Waals surface area contributed by atoms with Crippen molar-refractivity contribution >= 4 is 17.7 Å². The molecule has 1 aliphatic rings. The molecule has 3 rings (SSSR count). The van der Waals surface area contributed by atoms with Crippen molar-refractivity contribution in [2.75, 3.05) is 0 Å². The molecule has 26 heavy (non-hydrogen) atoms. The number of hydrogen-bond acceptors (Lipinski definition) is 5. The van der Waals surface area contributed by atoms with Crippen LogP contribution in [0.3, 0.4) is 0 Å². The Bertz CT molecular complexity index is 745. The molecular formula is C19H27N5OS. The summed E-state index contributed by atoms with van der Waals surface area (Å²) < 4.78 is 1.68. The number of hydrogen-bond donors (Lipinski definition) is 1. The topological polar surface area (TPSA) is 72.7 Å². The molecule has 140 valence electrons. The minimum Gasteiger partial charge on any atom is -0.352 e. The maximum atomic E-state index is 12.7. The lowest BCUT2D eigenvalue weighted by atomic mass is 9.78. The Morgan fingerprint density at radius 3 is 2.73 bits per heavy atom. The highest BCUT2D eigenvalue weighted by molar-refractivity contribution is 8.00. The van der Waals surface area contributed by atoms with Crippen LogP contribution in [-0.4, -0.2) is 37.4 Å². The zero-order valence-corrected chi connectivity index (χ0v) is 16.7. The fourth-order valence-electron chi connectivity index (χ4n) is 3.40. The minimum atomic E-state index is -0.255. The van der Waals surface area contributed by atoms with Crippen molar-refractivity contribution in [3.8, 4) is 5.69 Å². The van der Waals surface area contributed by atoms with E-state index < -0.39 is 0 Å². The number of thioether (sulfide) groups is 1. The smallest absolute Gasteiger partial charge is 0.233 e. The summed E-state index contributed by atoms with van der Waals surface area (Å²) in [6.07, 6.45) is 3.50. The molecular weight excluding hydrogens is 346 g/mol. The Balaban J connectivity index is 1.65. The molecule has 0 bridgehead atoms. The van der Waals surface area contributed by atoms with Gasteiger partial charge < -0.3 is 5.32 Å². The van der Waals surface area contributed by atoms with Crippen molar-refractivity contribution in [2.45, 2.75) is 63.4 Å². The first-order valence-corrected chi connectivity index (χ1v) is 10.2. The number of amides is 1. The van der Waals surface area contributed by atoms with Gasteiger partial charge in [-0.05, 0) is 54.7 Å². The molecule has 1 amide bonds. The fraction of sp³-hybridized carbons (Fsp3) is 0.579. The van der Waals surface area contributed by atoms with Crippen molar-refractivity contribution in [2.24, 2.45) is 11.8 Å². The molecule has 1 aliphatic carbocycles. The second-order valence-corrected chi connectivity index (χ2v) is 8.66. The highest BCUT2D eigenvalue weighted by Crippen LogP contribution is 2.30. The summed E-state index contributed by atoms with van der Waals surface area (Å²) >= 11 is 1.39. The quantitative estimate of drug-likeness (QED) is 0.813. The van der Waals surface area contributed by atoms with Crippen LogP contribution in [0.1, 0.15) is 45.6 Å². The summed E-state index contributed by atoms with van der Waals surface area (Å²) in [6.45, 7) is 8.46. The Morgan fingerprint density at radius 1 is 1.27 bits per heavy atom. The molecule has 0 unspecified atom stereocenters. The van der Waals surface area contributed by atoms with Crippen molar-refractivity contribution in [3.63, 3.8) is 0 Å². The number of nitrogens with one attached hydrogen (secondary N) is 1. The van der Waals surface area contributed by atoms with Crippen LogP contribution in [0, 0.1) is 18.8 Å². The molecule has 1 aromatic heterocycles. The number of aromatic nitrogens is 4. The van der Waals surface area contributed by atoms with Crippen LogP contribution >= 0.6 is 11.8 Å². The predicted molar refractivity (Wildman–Crippen MR) is 103 cm³/mol. The van der Waals surface area contributed by atoms with Gasteiger partial charge in [0.15, 0.2) is 0 Å². The van der Waals surface area contributed by atoms with Gasteiger partial charge >= 0.3 is 0 Å². The second kappa shape index (κ2) is 8.20. The Morgan fingerprint density at radius 2 is 2.00 bits per heavy atom. The molecule has 0 spiro atoms. The molecule has 1 N–H and O–H groups in total. The first kappa shape index (κ1) is 18.9. The maximum Gasteiger partial charge on any atom is 0.233 e. The zero-order chi connectivity index (χ0) is 18.7. The highest BCUT2D eigenvalue weighted by atomic mass is 32.2. The van der Waals surface area contributed by atoms with Crippen LogP contribution in [0.25, 0.3) is 5.69 Å². The van der Waals surface area contributed by atoms with E-state index in [0.29, 0.717) is 17.0 Å². The molecule has 1 fully saturated rings. The predicted octanol–water partition coefficient (Wildman–Crippen LogP) is 3.39. The van der Waals surface area contributed by atoms with Gasteiger partial charge in [-0.2, -0.15) is 4.68 Å². The van der Waals surface area contributed by atoms with E-state index in [9.17, 15) is 4.79 Å². The number of aryl methyl sites for hydroxylation is 1. The van der Waals surface area contributed by atoms with Crippen LogP contribution < -0.4 is 5.32 Å². The normalized spacial score (nSPS) is 24.2. The minimum absolute atomic E-state index is 0.0550. The molecule has 6 nitrogen and oxygen atoms in total. The van der Waals surface area contributed by atoms with Crippen LogP contribution in [0.4, 0.5) is 0 Å². The number of nitrogens with zero attached hydrogens (tertiary/aromatic N) is 4. The molecule has 4 atom stereocenters. The van der Waals surface area contributed by atoms with E-state index in [1.54, 1.807) is 4.68 Å². The summed E-state index contributed by atoms with van der Waals surface area (Å²) in [4.78, 5) is 12.7.